The minimum absolute atomic E-state index is 0.0366. The molecule has 0 radical (unpaired) electrons. The van der Waals surface area contributed by atoms with E-state index >= 15 is 0 Å². The zero-order chi connectivity index (χ0) is 16.8. The lowest BCUT2D eigenvalue weighted by Crippen LogP contribution is -2.50. The number of rotatable bonds is 3. The van der Waals surface area contributed by atoms with Crippen LogP contribution >= 0.6 is 11.6 Å². The molecule has 124 valence electrons. The smallest absolute Gasteiger partial charge is 0.381 e. The fourth-order valence-electron chi connectivity index (χ4n) is 2.94. The Morgan fingerprint density at radius 1 is 1.26 bits per heavy atom. The Balaban J connectivity index is 1.84. The van der Waals surface area contributed by atoms with Gasteiger partial charge in [-0.25, -0.2) is 0 Å². The molecule has 0 saturated carbocycles. The summed E-state index contributed by atoms with van der Waals surface area (Å²) in [5, 5.41) is 12.8. The Hall–Kier alpha value is -2.03. The number of halogens is 3. The number of hydrogen-bond acceptors (Lipinski definition) is 4. The molecule has 0 atom stereocenters. The third-order valence-corrected chi connectivity index (χ3v) is 4.38. The summed E-state index contributed by atoms with van der Waals surface area (Å²) < 4.78 is 27.6. The molecule has 1 N–H and O–H groups in total. The van der Waals surface area contributed by atoms with Gasteiger partial charge in [-0.05, 0) is 24.4 Å². The van der Waals surface area contributed by atoms with E-state index in [0.29, 0.717) is 0 Å². The highest BCUT2D eigenvalue weighted by Gasteiger charge is 2.49. The Morgan fingerprint density at radius 2 is 1.91 bits per heavy atom. The van der Waals surface area contributed by atoms with Gasteiger partial charge in [0.15, 0.2) is 11.2 Å². The molecule has 2 heterocycles. The summed E-state index contributed by atoms with van der Waals surface area (Å²) in [6.45, 7) is 0.0571. The van der Waals surface area contributed by atoms with E-state index in [1.54, 1.807) is 12.2 Å². The topological polar surface area (TPSA) is 88.3 Å². The van der Waals surface area contributed by atoms with Crippen LogP contribution in [0.4, 0.5) is 8.78 Å². The summed E-state index contributed by atoms with van der Waals surface area (Å²) in [6, 6.07) is 0. The highest BCUT2D eigenvalue weighted by molar-refractivity contribution is 6.21. The van der Waals surface area contributed by atoms with Crippen LogP contribution in [0, 0.1) is 5.41 Å². The summed E-state index contributed by atoms with van der Waals surface area (Å²) in [7, 11) is 0. The van der Waals surface area contributed by atoms with E-state index in [1.165, 1.54) is 4.90 Å². The van der Waals surface area contributed by atoms with Gasteiger partial charge in [0.1, 0.15) is 0 Å². The maximum atomic E-state index is 13.2. The number of carboxylic acids is 1. The maximum Gasteiger partial charge on any atom is 0.381 e. The molecule has 0 aromatic carbocycles. The number of carboxylic acid groups (broad SMARTS) is 1. The number of carbonyl (C=O) groups excluding carboxylic acids is 1. The van der Waals surface area contributed by atoms with Gasteiger partial charge in [-0.15, -0.1) is 10.2 Å². The first-order valence-electron chi connectivity index (χ1n) is 6.93. The van der Waals surface area contributed by atoms with Crippen molar-refractivity contribution in [2.24, 2.45) is 5.41 Å². The molecule has 0 bridgehead atoms. The van der Waals surface area contributed by atoms with E-state index < -0.39 is 28.5 Å². The number of hydrogen-bond donors (Lipinski definition) is 1. The number of alkyl halides is 3. The lowest BCUT2D eigenvalue weighted by Gasteiger charge is -2.34. The highest BCUT2D eigenvalue weighted by atomic mass is 35.5. The normalized spacial score (nSPS) is 19.7. The van der Waals surface area contributed by atoms with E-state index in [9.17, 15) is 23.5 Å². The van der Waals surface area contributed by atoms with Crippen molar-refractivity contribution in [2.75, 3.05) is 6.54 Å². The van der Waals surface area contributed by atoms with Gasteiger partial charge in [-0.2, -0.15) is 8.78 Å². The molecule has 1 amide bonds. The minimum Gasteiger partial charge on any atom is -0.480 e. The Kier molecular flexibility index (Phi) is 3.62. The predicted molar refractivity (Wildman–Crippen MR) is 73.6 cm³/mol. The molecular formula is C13H13ClF2N4O3. The molecule has 1 aliphatic heterocycles. The first-order chi connectivity index (χ1) is 10.8. The summed E-state index contributed by atoms with van der Waals surface area (Å²) in [5.41, 5.74) is -1.51. The maximum absolute atomic E-state index is 13.2. The van der Waals surface area contributed by atoms with Crippen LogP contribution in [0.15, 0.2) is 12.2 Å². The molecule has 3 rings (SSSR count). The molecule has 0 unspecified atom stereocenters. The van der Waals surface area contributed by atoms with E-state index in [-0.39, 0.29) is 38.3 Å². The number of aromatic nitrogens is 3. The fraction of sp³-hybridized carbons (Fsp3) is 0.538. The molecule has 10 heteroatoms. The van der Waals surface area contributed by atoms with Gasteiger partial charge in [-0.3, -0.25) is 9.59 Å². The summed E-state index contributed by atoms with van der Waals surface area (Å²) >= 11 is 4.98. The van der Waals surface area contributed by atoms with E-state index in [4.69, 9.17) is 11.6 Å². The summed E-state index contributed by atoms with van der Waals surface area (Å²) in [5.74, 6) is -2.24. The average Bonchev–Trinajstić information content (AvgIpc) is 3.12. The Morgan fingerprint density at radius 3 is 2.48 bits per heavy atom. The van der Waals surface area contributed by atoms with Gasteiger partial charge >= 0.3 is 11.4 Å². The molecule has 0 spiro atoms. The van der Waals surface area contributed by atoms with Crippen LogP contribution in [0.5, 0.6) is 0 Å². The van der Waals surface area contributed by atoms with Gasteiger partial charge in [0, 0.05) is 13.1 Å². The van der Waals surface area contributed by atoms with Gasteiger partial charge in [0.05, 0.1) is 6.54 Å². The van der Waals surface area contributed by atoms with Crippen LogP contribution in [0.3, 0.4) is 0 Å². The average molecular weight is 347 g/mol. The van der Waals surface area contributed by atoms with Crippen LogP contribution in [0.2, 0.25) is 0 Å². The molecule has 2 aliphatic rings. The second-order valence-electron chi connectivity index (χ2n) is 5.58. The lowest BCUT2D eigenvalue weighted by atomic mass is 9.83. The van der Waals surface area contributed by atoms with Crippen molar-refractivity contribution in [3.63, 3.8) is 0 Å². The number of nitrogens with zero attached hydrogens (tertiary/aromatic N) is 4. The lowest BCUT2D eigenvalue weighted by molar-refractivity contribution is -0.160. The fourth-order valence-corrected chi connectivity index (χ4v) is 3.08. The van der Waals surface area contributed by atoms with Crippen molar-refractivity contribution in [1.29, 1.82) is 0 Å². The van der Waals surface area contributed by atoms with Crippen LogP contribution in [-0.2, 0) is 28.1 Å². The molecule has 23 heavy (non-hydrogen) atoms. The molecule has 0 saturated heterocycles. The third kappa shape index (κ3) is 2.48. The molecule has 1 aromatic heterocycles. The number of fused-ring (bicyclic) bond motifs is 1. The van der Waals surface area contributed by atoms with E-state index in [0.717, 1.165) is 4.57 Å². The molecule has 1 aliphatic carbocycles. The van der Waals surface area contributed by atoms with E-state index in [2.05, 4.69) is 10.2 Å². The largest absolute Gasteiger partial charge is 0.480 e. The van der Waals surface area contributed by atoms with Crippen molar-refractivity contribution in [3.05, 3.63) is 23.8 Å². The minimum atomic E-state index is -3.64. The Bertz CT molecular complexity index is 690. The SMILES string of the molecule is O=C(O)C1(C(=O)N2CCn3c(nnc3C(F)(F)Cl)C2)CC=CC1. The summed E-state index contributed by atoms with van der Waals surface area (Å²) in [6.07, 6.45) is 3.56. The van der Waals surface area contributed by atoms with Gasteiger partial charge in [0.25, 0.3) is 0 Å². The van der Waals surface area contributed by atoms with Crippen LogP contribution in [-0.4, -0.2) is 43.2 Å². The number of amides is 1. The zero-order valence-corrected chi connectivity index (χ0v) is 12.6. The van der Waals surface area contributed by atoms with Gasteiger partial charge in [0.2, 0.25) is 11.7 Å². The first-order valence-corrected chi connectivity index (χ1v) is 7.30. The first kappa shape index (κ1) is 15.9. The zero-order valence-electron chi connectivity index (χ0n) is 11.9. The molecule has 0 fully saturated rings. The predicted octanol–water partition coefficient (Wildman–Crippen LogP) is 1.33. The summed E-state index contributed by atoms with van der Waals surface area (Å²) in [4.78, 5) is 25.5. The van der Waals surface area contributed by atoms with E-state index in [1.807, 2.05) is 0 Å². The van der Waals surface area contributed by atoms with Crippen molar-refractivity contribution < 1.29 is 23.5 Å². The van der Waals surface area contributed by atoms with Crippen LogP contribution < -0.4 is 0 Å². The standard InChI is InChI=1S/C13H13ClF2N4O3/c14-13(15,16)9-18-17-8-7-19(5-6-20(8)9)10(21)12(11(22)23)3-1-2-4-12/h1-2H,3-7H2,(H,22,23). The quantitative estimate of drug-likeness (QED) is 0.507. The third-order valence-electron chi connectivity index (χ3n) is 4.21. The van der Waals surface area contributed by atoms with Crippen molar-refractivity contribution in [1.82, 2.24) is 19.7 Å². The van der Waals surface area contributed by atoms with Crippen molar-refractivity contribution >= 4 is 23.5 Å². The number of allylic oxidation sites excluding steroid dienone is 2. The van der Waals surface area contributed by atoms with Crippen molar-refractivity contribution in [3.8, 4) is 0 Å². The van der Waals surface area contributed by atoms with Gasteiger partial charge in [-0.1, -0.05) is 12.2 Å². The van der Waals surface area contributed by atoms with Crippen LogP contribution in [0.25, 0.3) is 0 Å². The second-order valence-corrected chi connectivity index (χ2v) is 6.06. The van der Waals surface area contributed by atoms with Crippen molar-refractivity contribution in [2.45, 2.75) is 31.3 Å². The number of aliphatic carboxylic acids is 1. The molecule has 7 nitrogen and oxygen atoms in total. The van der Waals surface area contributed by atoms with Gasteiger partial charge < -0.3 is 14.6 Å². The van der Waals surface area contributed by atoms with Crippen LogP contribution in [0.1, 0.15) is 24.5 Å². The molecular weight excluding hydrogens is 334 g/mol. The Labute approximate surface area is 134 Å². The molecule has 1 aromatic rings. The number of carbonyl (C=O) groups is 2. The second kappa shape index (κ2) is 5.26. The monoisotopic (exact) mass is 346 g/mol. The highest BCUT2D eigenvalue weighted by Crippen LogP contribution is 2.37.